The zero-order valence-corrected chi connectivity index (χ0v) is 18.8. The van der Waals surface area contributed by atoms with E-state index in [1.165, 1.54) is 5.56 Å². The average molecular weight is 435 g/mol. The molecule has 0 radical (unpaired) electrons. The number of aromatic nitrogens is 4. The van der Waals surface area contributed by atoms with Crippen LogP contribution >= 0.6 is 0 Å². The minimum absolute atomic E-state index is 0.133. The SMILES string of the molecule is CCC(=O)N1CCN(c2cnc(N)c(-c3ncc(-c4ccc(CNC)cc4)[nH]3)n2)[C@H](C)C1. The van der Waals surface area contributed by atoms with Crippen LogP contribution in [0.5, 0.6) is 0 Å². The van der Waals surface area contributed by atoms with Gasteiger partial charge in [0.15, 0.2) is 17.3 Å². The first-order chi connectivity index (χ1) is 15.5. The van der Waals surface area contributed by atoms with E-state index in [0.29, 0.717) is 43.4 Å². The van der Waals surface area contributed by atoms with E-state index in [1.807, 2.05) is 18.9 Å². The normalized spacial score (nSPS) is 16.4. The zero-order chi connectivity index (χ0) is 22.7. The van der Waals surface area contributed by atoms with Gasteiger partial charge in [0.05, 0.1) is 18.1 Å². The molecule has 0 unspecified atom stereocenters. The molecule has 3 aromatic rings. The summed E-state index contributed by atoms with van der Waals surface area (Å²) in [5.41, 5.74) is 9.83. The number of H-pyrrole nitrogens is 1. The second-order valence-electron chi connectivity index (χ2n) is 8.07. The predicted molar refractivity (Wildman–Crippen MR) is 126 cm³/mol. The quantitative estimate of drug-likeness (QED) is 0.545. The van der Waals surface area contributed by atoms with Gasteiger partial charge in [0.2, 0.25) is 5.91 Å². The van der Waals surface area contributed by atoms with Crippen molar-refractivity contribution in [3.63, 3.8) is 0 Å². The molecule has 1 aliphatic heterocycles. The van der Waals surface area contributed by atoms with Gasteiger partial charge < -0.3 is 25.8 Å². The zero-order valence-electron chi connectivity index (χ0n) is 18.8. The lowest BCUT2D eigenvalue weighted by molar-refractivity contribution is -0.131. The summed E-state index contributed by atoms with van der Waals surface area (Å²) in [5, 5.41) is 3.15. The Hall–Kier alpha value is -3.46. The molecule has 1 aromatic carbocycles. The van der Waals surface area contributed by atoms with Crippen LogP contribution in [0.25, 0.3) is 22.8 Å². The van der Waals surface area contributed by atoms with Crippen LogP contribution in [0.15, 0.2) is 36.7 Å². The highest BCUT2D eigenvalue weighted by Gasteiger charge is 2.27. The number of hydrogen-bond donors (Lipinski definition) is 3. The lowest BCUT2D eigenvalue weighted by Gasteiger charge is -2.40. The third-order valence-electron chi connectivity index (χ3n) is 5.81. The molecule has 3 heterocycles. The Morgan fingerprint density at radius 1 is 1.22 bits per heavy atom. The Morgan fingerprint density at radius 2 is 2.00 bits per heavy atom. The summed E-state index contributed by atoms with van der Waals surface area (Å²) in [7, 11) is 1.93. The summed E-state index contributed by atoms with van der Waals surface area (Å²) < 4.78 is 0. The summed E-state index contributed by atoms with van der Waals surface area (Å²) in [6.45, 7) is 6.86. The van der Waals surface area contributed by atoms with Gasteiger partial charge in [-0.3, -0.25) is 4.79 Å². The molecule has 9 heteroatoms. The molecule has 0 bridgehead atoms. The van der Waals surface area contributed by atoms with Gasteiger partial charge in [-0.15, -0.1) is 0 Å². The number of nitrogen functional groups attached to an aromatic ring is 1. The maximum atomic E-state index is 12.1. The molecule has 1 aliphatic rings. The van der Waals surface area contributed by atoms with Crippen LogP contribution in [0.4, 0.5) is 11.6 Å². The van der Waals surface area contributed by atoms with Crippen molar-refractivity contribution in [2.45, 2.75) is 32.9 Å². The fourth-order valence-electron chi connectivity index (χ4n) is 4.04. The Bertz CT molecular complexity index is 1080. The highest BCUT2D eigenvalue weighted by molar-refractivity contribution is 5.76. The van der Waals surface area contributed by atoms with Crippen LogP contribution in [-0.4, -0.2) is 63.5 Å². The van der Waals surface area contributed by atoms with Gasteiger partial charge in [0.1, 0.15) is 5.82 Å². The lowest BCUT2D eigenvalue weighted by atomic mass is 10.1. The van der Waals surface area contributed by atoms with Crippen molar-refractivity contribution in [2.24, 2.45) is 0 Å². The van der Waals surface area contributed by atoms with Gasteiger partial charge in [0.25, 0.3) is 0 Å². The van der Waals surface area contributed by atoms with Gasteiger partial charge in [-0.2, -0.15) is 0 Å². The third-order valence-corrected chi connectivity index (χ3v) is 5.81. The van der Waals surface area contributed by atoms with E-state index < -0.39 is 0 Å². The van der Waals surface area contributed by atoms with Gasteiger partial charge in [-0.1, -0.05) is 31.2 Å². The Labute approximate surface area is 188 Å². The highest BCUT2D eigenvalue weighted by Crippen LogP contribution is 2.27. The van der Waals surface area contributed by atoms with Crippen LogP contribution in [-0.2, 0) is 11.3 Å². The number of benzene rings is 1. The number of aromatic amines is 1. The molecule has 0 spiro atoms. The van der Waals surface area contributed by atoms with Gasteiger partial charge in [-0.05, 0) is 25.1 Å². The number of carbonyl (C=O) groups is 1. The Morgan fingerprint density at radius 3 is 2.69 bits per heavy atom. The van der Waals surface area contributed by atoms with E-state index in [9.17, 15) is 4.79 Å². The molecule has 1 amide bonds. The molecular weight excluding hydrogens is 404 g/mol. The average Bonchev–Trinajstić information content (AvgIpc) is 3.30. The van der Waals surface area contributed by atoms with Gasteiger partial charge in [-0.25, -0.2) is 15.0 Å². The Kier molecular flexibility index (Phi) is 6.36. The largest absolute Gasteiger partial charge is 0.382 e. The number of carbonyl (C=O) groups excluding carboxylic acids is 1. The van der Waals surface area contributed by atoms with Crippen molar-refractivity contribution in [1.82, 2.24) is 30.2 Å². The number of nitrogens with two attached hydrogens (primary N) is 1. The topological polar surface area (TPSA) is 116 Å². The molecule has 0 aliphatic carbocycles. The fourth-order valence-corrected chi connectivity index (χ4v) is 4.04. The first-order valence-corrected chi connectivity index (χ1v) is 11.0. The fraction of sp³-hybridized carbons (Fsp3) is 0.391. The van der Waals surface area contributed by atoms with Crippen molar-refractivity contribution in [3.8, 4) is 22.8 Å². The minimum Gasteiger partial charge on any atom is -0.382 e. The molecule has 1 fully saturated rings. The molecule has 4 rings (SSSR count). The first-order valence-electron chi connectivity index (χ1n) is 11.0. The summed E-state index contributed by atoms with van der Waals surface area (Å²) in [4.78, 5) is 33.1. The Balaban J connectivity index is 1.55. The van der Waals surface area contributed by atoms with E-state index in [1.54, 1.807) is 12.4 Å². The summed E-state index contributed by atoms with van der Waals surface area (Å²) >= 11 is 0. The number of nitrogens with zero attached hydrogens (tertiary/aromatic N) is 5. The van der Waals surface area contributed by atoms with E-state index in [4.69, 9.17) is 10.7 Å². The molecule has 4 N–H and O–H groups in total. The van der Waals surface area contributed by atoms with Crippen molar-refractivity contribution >= 4 is 17.5 Å². The smallest absolute Gasteiger partial charge is 0.222 e. The van der Waals surface area contributed by atoms with Crippen LogP contribution in [0, 0.1) is 0 Å². The van der Waals surface area contributed by atoms with E-state index in [-0.39, 0.29) is 11.9 Å². The maximum absolute atomic E-state index is 12.1. The van der Waals surface area contributed by atoms with Gasteiger partial charge in [0, 0.05) is 38.6 Å². The molecular formula is C23H30N8O. The number of amides is 1. The number of imidazole rings is 1. The maximum Gasteiger partial charge on any atom is 0.222 e. The highest BCUT2D eigenvalue weighted by atomic mass is 16.2. The monoisotopic (exact) mass is 434 g/mol. The standard InChI is InChI=1S/C23H30N8O/c1-4-20(32)30-9-10-31(15(2)14-30)19-13-26-22(24)21(29-19)23-27-12-18(28-23)17-7-5-16(6-8-17)11-25-3/h5-8,12-13,15,25H,4,9-11,14H2,1-3H3,(H2,24,26)(H,27,28)/t15-/m1/s1. The van der Waals surface area contributed by atoms with E-state index in [0.717, 1.165) is 23.6 Å². The molecule has 32 heavy (non-hydrogen) atoms. The third kappa shape index (κ3) is 4.43. The second-order valence-corrected chi connectivity index (χ2v) is 8.07. The van der Waals surface area contributed by atoms with Crippen LogP contribution < -0.4 is 16.0 Å². The molecule has 1 atom stereocenters. The van der Waals surface area contributed by atoms with Crippen molar-refractivity contribution in [2.75, 3.05) is 37.3 Å². The molecule has 168 valence electrons. The van der Waals surface area contributed by atoms with Crippen LogP contribution in [0.3, 0.4) is 0 Å². The van der Waals surface area contributed by atoms with Gasteiger partial charge >= 0.3 is 0 Å². The molecule has 0 saturated carbocycles. The number of nitrogens with one attached hydrogen (secondary N) is 2. The number of anilines is 2. The number of rotatable bonds is 6. The van der Waals surface area contributed by atoms with Crippen molar-refractivity contribution in [3.05, 3.63) is 42.2 Å². The summed E-state index contributed by atoms with van der Waals surface area (Å²) in [5.74, 6) is 1.83. The predicted octanol–water partition coefficient (Wildman–Crippen LogP) is 2.28. The molecule has 9 nitrogen and oxygen atoms in total. The number of piperazine rings is 1. The van der Waals surface area contributed by atoms with Crippen molar-refractivity contribution < 1.29 is 4.79 Å². The van der Waals surface area contributed by atoms with Crippen LogP contribution in [0.2, 0.25) is 0 Å². The summed E-state index contributed by atoms with van der Waals surface area (Å²) in [6, 6.07) is 8.44. The number of hydrogen-bond acceptors (Lipinski definition) is 7. The molecule has 1 saturated heterocycles. The second kappa shape index (κ2) is 9.35. The first kappa shape index (κ1) is 21.8. The van der Waals surface area contributed by atoms with Crippen LogP contribution in [0.1, 0.15) is 25.8 Å². The molecule has 2 aromatic heterocycles. The summed E-state index contributed by atoms with van der Waals surface area (Å²) in [6.07, 6.45) is 4.00. The minimum atomic E-state index is 0.133. The lowest BCUT2D eigenvalue weighted by Crippen LogP contribution is -2.54. The van der Waals surface area contributed by atoms with Crippen molar-refractivity contribution in [1.29, 1.82) is 0 Å². The van der Waals surface area contributed by atoms with E-state index in [2.05, 4.69) is 56.4 Å². The van der Waals surface area contributed by atoms with E-state index >= 15 is 0 Å².